The number of rotatable bonds is 5. The second kappa shape index (κ2) is 5.76. The van der Waals surface area contributed by atoms with Gasteiger partial charge in [0.25, 0.3) is 0 Å². The first-order valence-corrected chi connectivity index (χ1v) is 6.28. The Hall–Kier alpha value is -0.700. The fraction of sp³-hybridized carbons (Fsp3) is 0.857. The summed E-state index contributed by atoms with van der Waals surface area (Å²) in [5.41, 5.74) is -0.0461. The normalized spacial score (nSPS) is 14.5. The maximum atomic E-state index is 12.0. The highest BCUT2D eigenvalue weighted by atomic mass is 16.1. The maximum Gasteiger partial charge on any atom is 0.187 e. The Balaban J connectivity index is 4.55. The number of hydrogen-bond acceptors (Lipinski definition) is 2. The molecule has 0 aromatic rings. The zero-order valence-electron chi connectivity index (χ0n) is 12.4. The fourth-order valence-electron chi connectivity index (χ4n) is 1.79. The highest BCUT2D eigenvalue weighted by molar-refractivity contribution is 5.80. The Morgan fingerprint density at radius 3 is 1.71 bits per heavy atom. The monoisotopic (exact) mass is 242 g/mol. The van der Waals surface area contributed by atoms with Gasteiger partial charge in [0.1, 0.15) is 13.1 Å². The Morgan fingerprint density at radius 2 is 1.41 bits per heavy atom. The molecule has 3 nitrogen and oxygen atoms in total. The number of ketones is 2. The van der Waals surface area contributed by atoms with Crippen LogP contribution in [0.5, 0.6) is 0 Å². The lowest BCUT2D eigenvalue weighted by Gasteiger charge is -2.31. The van der Waals surface area contributed by atoms with Crippen LogP contribution in [-0.2, 0) is 9.59 Å². The smallest absolute Gasteiger partial charge is 0.187 e. The lowest BCUT2D eigenvalue weighted by Crippen LogP contribution is -3.20. The molecule has 0 amide bonds. The predicted octanol–water partition coefficient (Wildman–Crippen LogP) is 1.26. The van der Waals surface area contributed by atoms with Crippen molar-refractivity contribution in [2.24, 2.45) is 5.41 Å². The summed E-state index contributed by atoms with van der Waals surface area (Å²) in [6.45, 7) is 14.8. The molecule has 0 saturated carbocycles. The second-order valence-electron chi connectivity index (χ2n) is 7.19. The van der Waals surface area contributed by atoms with Gasteiger partial charge in [0.05, 0.1) is 5.54 Å². The van der Waals surface area contributed by atoms with Gasteiger partial charge in [-0.15, -0.1) is 0 Å². The first-order valence-electron chi connectivity index (χ1n) is 6.28. The third-order valence-electron chi connectivity index (χ3n) is 2.66. The molecular formula is C14H28NO2+. The van der Waals surface area contributed by atoms with E-state index in [9.17, 15) is 9.59 Å². The van der Waals surface area contributed by atoms with E-state index < -0.39 is 0 Å². The van der Waals surface area contributed by atoms with E-state index in [2.05, 4.69) is 41.5 Å². The standard InChI is InChI=1S/C14H27NO2/c1-11(16)9-15(14(5,6)7)10-12(17)8-13(2,3)4/h8-10H2,1-7H3/p+1. The van der Waals surface area contributed by atoms with Crippen LogP contribution in [0.1, 0.15) is 54.9 Å². The molecule has 1 atom stereocenters. The average Bonchev–Trinajstić information content (AvgIpc) is 1.95. The molecule has 0 aliphatic heterocycles. The number of hydrogen-bond donors (Lipinski definition) is 1. The Kier molecular flexibility index (Phi) is 5.53. The van der Waals surface area contributed by atoms with Crippen molar-refractivity contribution in [2.45, 2.75) is 60.4 Å². The van der Waals surface area contributed by atoms with Crippen LogP contribution in [-0.4, -0.2) is 30.2 Å². The van der Waals surface area contributed by atoms with Crippen molar-refractivity contribution in [3.05, 3.63) is 0 Å². The first-order chi connectivity index (χ1) is 7.42. The topological polar surface area (TPSA) is 38.6 Å². The molecule has 0 aliphatic rings. The molecule has 1 N–H and O–H groups in total. The molecule has 0 fully saturated rings. The van der Waals surface area contributed by atoms with Crippen LogP contribution in [0.4, 0.5) is 0 Å². The zero-order chi connectivity index (χ0) is 13.9. The lowest BCUT2D eigenvalue weighted by atomic mass is 9.89. The third-order valence-corrected chi connectivity index (χ3v) is 2.66. The summed E-state index contributed by atoms with van der Waals surface area (Å²) in [6.07, 6.45) is 0.574. The van der Waals surface area contributed by atoms with E-state index in [1.54, 1.807) is 6.92 Å². The summed E-state index contributed by atoms with van der Waals surface area (Å²) in [5.74, 6) is 0.377. The summed E-state index contributed by atoms with van der Waals surface area (Å²) in [6, 6.07) is 0. The number of carbonyl (C=O) groups excluding carboxylic acids is 2. The number of Topliss-reactive ketones (excluding diaryl/α,β-unsaturated/α-hetero) is 2. The van der Waals surface area contributed by atoms with Crippen molar-refractivity contribution in [1.82, 2.24) is 0 Å². The molecule has 0 rings (SSSR count). The van der Waals surface area contributed by atoms with E-state index in [-0.39, 0.29) is 22.5 Å². The summed E-state index contributed by atoms with van der Waals surface area (Å²) in [5, 5.41) is 0. The van der Waals surface area contributed by atoms with Gasteiger partial charge in [-0.1, -0.05) is 20.8 Å². The van der Waals surface area contributed by atoms with Crippen molar-refractivity contribution in [2.75, 3.05) is 13.1 Å². The molecule has 0 heterocycles. The largest absolute Gasteiger partial charge is 0.318 e. The summed E-state index contributed by atoms with van der Waals surface area (Å²) >= 11 is 0. The van der Waals surface area contributed by atoms with E-state index in [0.29, 0.717) is 19.5 Å². The second-order valence-corrected chi connectivity index (χ2v) is 7.19. The Bertz CT molecular complexity index is 282. The first kappa shape index (κ1) is 16.3. The van der Waals surface area contributed by atoms with Crippen LogP contribution < -0.4 is 4.90 Å². The molecule has 0 saturated heterocycles. The highest BCUT2D eigenvalue weighted by Crippen LogP contribution is 2.18. The van der Waals surface area contributed by atoms with Crippen LogP contribution >= 0.6 is 0 Å². The van der Waals surface area contributed by atoms with E-state index in [0.717, 1.165) is 4.90 Å². The summed E-state index contributed by atoms with van der Waals surface area (Å²) in [4.78, 5) is 24.3. The Morgan fingerprint density at radius 1 is 0.941 bits per heavy atom. The fourth-order valence-corrected chi connectivity index (χ4v) is 1.79. The molecule has 0 aromatic heterocycles. The van der Waals surface area contributed by atoms with Gasteiger partial charge in [-0.05, 0) is 26.2 Å². The molecular weight excluding hydrogens is 214 g/mol. The van der Waals surface area contributed by atoms with Gasteiger partial charge in [-0.25, -0.2) is 0 Å². The van der Waals surface area contributed by atoms with Gasteiger partial charge in [0.2, 0.25) is 0 Å². The van der Waals surface area contributed by atoms with Gasteiger partial charge in [-0.2, -0.15) is 0 Å². The van der Waals surface area contributed by atoms with Crippen LogP contribution in [0.2, 0.25) is 0 Å². The molecule has 0 spiro atoms. The zero-order valence-corrected chi connectivity index (χ0v) is 12.4. The van der Waals surface area contributed by atoms with E-state index >= 15 is 0 Å². The molecule has 17 heavy (non-hydrogen) atoms. The van der Waals surface area contributed by atoms with Gasteiger partial charge in [-0.3, -0.25) is 9.59 Å². The van der Waals surface area contributed by atoms with Crippen molar-refractivity contribution in [3.63, 3.8) is 0 Å². The van der Waals surface area contributed by atoms with Crippen LogP contribution in [0.25, 0.3) is 0 Å². The molecule has 100 valence electrons. The summed E-state index contributed by atoms with van der Waals surface area (Å²) in [7, 11) is 0. The predicted molar refractivity (Wildman–Crippen MR) is 70.2 cm³/mol. The van der Waals surface area contributed by atoms with Gasteiger partial charge < -0.3 is 4.90 Å². The molecule has 0 bridgehead atoms. The number of carbonyl (C=O) groups is 2. The van der Waals surface area contributed by atoms with Crippen molar-refractivity contribution in [1.29, 1.82) is 0 Å². The van der Waals surface area contributed by atoms with Crippen molar-refractivity contribution >= 4 is 11.6 Å². The minimum atomic E-state index is -0.0702. The SMILES string of the molecule is CC(=O)C[NH+](CC(=O)CC(C)(C)C)C(C)(C)C. The Labute approximate surface area is 106 Å². The number of nitrogens with one attached hydrogen (secondary N) is 1. The van der Waals surface area contributed by atoms with Crippen LogP contribution in [0, 0.1) is 5.41 Å². The third kappa shape index (κ3) is 8.08. The van der Waals surface area contributed by atoms with Gasteiger partial charge in [0.15, 0.2) is 11.6 Å². The van der Waals surface area contributed by atoms with E-state index in [4.69, 9.17) is 0 Å². The summed E-state index contributed by atoms with van der Waals surface area (Å²) < 4.78 is 0. The average molecular weight is 242 g/mol. The molecule has 1 unspecified atom stereocenters. The molecule has 0 aromatic carbocycles. The minimum Gasteiger partial charge on any atom is -0.318 e. The molecule has 3 heteroatoms. The van der Waals surface area contributed by atoms with Gasteiger partial charge in [0, 0.05) is 13.3 Å². The van der Waals surface area contributed by atoms with E-state index in [1.165, 1.54) is 0 Å². The van der Waals surface area contributed by atoms with E-state index in [1.807, 2.05) is 0 Å². The number of quaternary nitrogens is 1. The maximum absolute atomic E-state index is 12.0. The van der Waals surface area contributed by atoms with Crippen LogP contribution in [0.3, 0.4) is 0 Å². The van der Waals surface area contributed by atoms with Gasteiger partial charge >= 0.3 is 0 Å². The quantitative estimate of drug-likeness (QED) is 0.788. The van der Waals surface area contributed by atoms with Crippen molar-refractivity contribution < 1.29 is 14.5 Å². The minimum absolute atomic E-state index is 0.0241. The molecule has 0 radical (unpaired) electrons. The lowest BCUT2D eigenvalue weighted by molar-refractivity contribution is -0.931. The highest BCUT2D eigenvalue weighted by Gasteiger charge is 2.29. The van der Waals surface area contributed by atoms with Crippen molar-refractivity contribution in [3.8, 4) is 0 Å². The van der Waals surface area contributed by atoms with Crippen LogP contribution in [0.15, 0.2) is 0 Å². The molecule has 0 aliphatic carbocycles.